The van der Waals surface area contributed by atoms with Crippen molar-refractivity contribution >= 4 is 15.9 Å². The summed E-state index contributed by atoms with van der Waals surface area (Å²) in [7, 11) is 0. The average molecular weight is 298 g/mol. The Bertz CT molecular complexity index is 369. The van der Waals surface area contributed by atoms with Crippen LogP contribution in [-0.2, 0) is 0 Å². The highest BCUT2D eigenvalue weighted by molar-refractivity contribution is 9.10. The van der Waals surface area contributed by atoms with Crippen molar-refractivity contribution in [3.05, 3.63) is 34.3 Å². The van der Waals surface area contributed by atoms with Gasteiger partial charge in [-0.05, 0) is 44.0 Å². The summed E-state index contributed by atoms with van der Waals surface area (Å²) in [5.74, 6) is 0. The van der Waals surface area contributed by atoms with Gasteiger partial charge in [0, 0.05) is 17.1 Å². The van der Waals surface area contributed by atoms with Crippen molar-refractivity contribution in [1.82, 2.24) is 4.90 Å². The molecule has 0 aliphatic carbocycles. The molecule has 17 heavy (non-hydrogen) atoms. The third kappa shape index (κ3) is 3.54. The van der Waals surface area contributed by atoms with Gasteiger partial charge in [0.1, 0.15) is 0 Å². The first kappa shape index (κ1) is 13.1. The molecule has 1 saturated heterocycles. The molecule has 2 unspecified atom stereocenters. The number of β-amino-alcohol motifs (C(OH)–C–C–N with tert-alkyl or cyclic N) is 1. The predicted molar refractivity (Wildman–Crippen MR) is 74.0 cm³/mol. The predicted octanol–water partition coefficient (Wildman–Crippen LogP) is 3.36. The number of aliphatic hydroxyl groups is 1. The number of aliphatic hydroxyl groups excluding tert-OH is 1. The third-order valence-electron chi connectivity index (χ3n) is 3.58. The first-order valence-electron chi connectivity index (χ1n) is 6.34. The van der Waals surface area contributed by atoms with Crippen LogP contribution >= 0.6 is 15.9 Å². The van der Waals surface area contributed by atoms with Crippen molar-refractivity contribution < 1.29 is 5.11 Å². The molecule has 0 aromatic heterocycles. The Kier molecular flexibility index (Phi) is 4.60. The largest absolute Gasteiger partial charge is 0.387 e. The molecular formula is C14H20BrNO. The molecule has 1 aromatic rings. The van der Waals surface area contributed by atoms with Gasteiger partial charge in [-0.2, -0.15) is 0 Å². The maximum Gasteiger partial charge on any atom is 0.0917 e. The number of benzene rings is 1. The fourth-order valence-corrected chi connectivity index (χ4v) is 2.89. The molecule has 1 aromatic carbocycles. The summed E-state index contributed by atoms with van der Waals surface area (Å²) < 4.78 is 1.03. The van der Waals surface area contributed by atoms with Crippen LogP contribution in [0.25, 0.3) is 0 Å². The minimum atomic E-state index is -0.381. The van der Waals surface area contributed by atoms with Crippen LogP contribution in [0.4, 0.5) is 0 Å². The number of halogens is 1. The van der Waals surface area contributed by atoms with E-state index in [2.05, 4.69) is 27.8 Å². The second-order valence-corrected chi connectivity index (χ2v) is 5.83. The van der Waals surface area contributed by atoms with Gasteiger partial charge in [-0.15, -0.1) is 0 Å². The highest BCUT2D eigenvalue weighted by Gasteiger charge is 2.21. The standard InChI is InChI=1S/C14H20BrNO/c1-11-5-2-3-8-16(11)10-14(17)12-6-4-7-13(15)9-12/h4,6-7,9,11,14,17H,2-3,5,8,10H2,1H3. The van der Waals surface area contributed by atoms with Crippen LogP contribution in [-0.4, -0.2) is 29.1 Å². The molecule has 0 radical (unpaired) electrons. The van der Waals surface area contributed by atoms with Crippen LogP contribution in [0.15, 0.2) is 28.7 Å². The van der Waals surface area contributed by atoms with E-state index >= 15 is 0 Å². The summed E-state index contributed by atoms with van der Waals surface area (Å²) >= 11 is 3.44. The van der Waals surface area contributed by atoms with Crippen molar-refractivity contribution in [3.8, 4) is 0 Å². The Morgan fingerprint density at radius 2 is 2.29 bits per heavy atom. The van der Waals surface area contributed by atoms with Crippen LogP contribution in [0.3, 0.4) is 0 Å². The monoisotopic (exact) mass is 297 g/mol. The first-order valence-corrected chi connectivity index (χ1v) is 7.13. The minimum Gasteiger partial charge on any atom is -0.387 e. The lowest BCUT2D eigenvalue weighted by Crippen LogP contribution is -2.40. The van der Waals surface area contributed by atoms with E-state index in [0.717, 1.165) is 23.1 Å². The smallest absolute Gasteiger partial charge is 0.0917 e. The SMILES string of the molecule is CC1CCCCN1CC(O)c1cccc(Br)c1. The zero-order chi connectivity index (χ0) is 12.3. The molecule has 2 atom stereocenters. The fourth-order valence-electron chi connectivity index (χ4n) is 2.47. The number of rotatable bonds is 3. The van der Waals surface area contributed by atoms with Gasteiger partial charge in [0.15, 0.2) is 0 Å². The van der Waals surface area contributed by atoms with E-state index in [9.17, 15) is 5.11 Å². The molecule has 1 fully saturated rings. The highest BCUT2D eigenvalue weighted by atomic mass is 79.9. The minimum absolute atomic E-state index is 0.381. The molecule has 1 heterocycles. The number of hydrogen-bond donors (Lipinski definition) is 1. The number of likely N-dealkylation sites (tertiary alicyclic amines) is 1. The molecule has 1 aliphatic heterocycles. The molecular weight excluding hydrogens is 278 g/mol. The van der Waals surface area contributed by atoms with Gasteiger partial charge in [0.25, 0.3) is 0 Å². The first-order chi connectivity index (χ1) is 8.16. The topological polar surface area (TPSA) is 23.5 Å². The Morgan fingerprint density at radius 3 is 3.00 bits per heavy atom. The third-order valence-corrected chi connectivity index (χ3v) is 4.07. The van der Waals surface area contributed by atoms with E-state index in [1.165, 1.54) is 19.3 Å². The van der Waals surface area contributed by atoms with Gasteiger partial charge in [0.2, 0.25) is 0 Å². The lowest BCUT2D eigenvalue weighted by atomic mass is 10.0. The molecule has 94 valence electrons. The molecule has 1 aliphatic rings. The number of hydrogen-bond acceptors (Lipinski definition) is 2. The van der Waals surface area contributed by atoms with Crippen molar-refractivity contribution in [2.24, 2.45) is 0 Å². The van der Waals surface area contributed by atoms with E-state index in [-0.39, 0.29) is 6.10 Å². The van der Waals surface area contributed by atoms with Crippen molar-refractivity contribution in [2.75, 3.05) is 13.1 Å². The highest BCUT2D eigenvalue weighted by Crippen LogP contribution is 2.23. The average Bonchev–Trinajstić information content (AvgIpc) is 2.32. The quantitative estimate of drug-likeness (QED) is 0.925. The van der Waals surface area contributed by atoms with Gasteiger partial charge >= 0.3 is 0 Å². The molecule has 0 amide bonds. The van der Waals surface area contributed by atoms with Gasteiger partial charge in [0.05, 0.1) is 6.10 Å². The molecule has 2 nitrogen and oxygen atoms in total. The van der Waals surface area contributed by atoms with Crippen LogP contribution in [0.1, 0.15) is 37.9 Å². The molecule has 2 rings (SSSR count). The molecule has 0 saturated carbocycles. The lowest BCUT2D eigenvalue weighted by Gasteiger charge is -2.34. The van der Waals surface area contributed by atoms with Gasteiger partial charge < -0.3 is 5.11 Å². The molecule has 0 bridgehead atoms. The van der Waals surface area contributed by atoms with Crippen molar-refractivity contribution in [2.45, 2.75) is 38.3 Å². The van der Waals surface area contributed by atoms with E-state index in [4.69, 9.17) is 0 Å². The lowest BCUT2D eigenvalue weighted by molar-refractivity contribution is 0.0732. The zero-order valence-corrected chi connectivity index (χ0v) is 11.9. The summed E-state index contributed by atoms with van der Waals surface area (Å²) in [6.45, 7) is 4.12. The second kappa shape index (κ2) is 5.98. The summed E-state index contributed by atoms with van der Waals surface area (Å²) in [5, 5.41) is 10.3. The van der Waals surface area contributed by atoms with E-state index in [1.807, 2.05) is 24.3 Å². The normalized spacial score (nSPS) is 23.6. The Morgan fingerprint density at radius 1 is 1.47 bits per heavy atom. The van der Waals surface area contributed by atoms with Gasteiger partial charge in [-0.25, -0.2) is 0 Å². The summed E-state index contributed by atoms with van der Waals surface area (Å²) in [6.07, 6.45) is 3.46. The number of piperidine rings is 1. The maximum absolute atomic E-state index is 10.3. The zero-order valence-electron chi connectivity index (χ0n) is 10.3. The van der Waals surface area contributed by atoms with E-state index in [1.54, 1.807) is 0 Å². The van der Waals surface area contributed by atoms with Crippen molar-refractivity contribution in [3.63, 3.8) is 0 Å². The van der Waals surface area contributed by atoms with Crippen LogP contribution in [0, 0.1) is 0 Å². The Balaban J connectivity index is 1.98. The maximum atomic E-state index is 10.3. The van der Waals surface area contributed by atoms with Crippen molar-refractivity contribution in [1.29, 1.82) is 0 Å². The summed E-state index contributed by atoms with van der Waals surface area (Å²) in [4.78, 5) is 2.40. The van der Waals surface area contributed by atoms with Gasteiger partial charge in [-0.3, -0.25) is 4.90 Å². The van der Waals surface area contributed by atoms with Crippen LogP contribution < -0.4 is 0 Å². The van der Waals surface area contributed by atoms with Gasteiger partial charge in [-0.1, -0.05) is 34.5 Å². The Labute approximate surface area is 112 Å². The van der Waals surface area contributed by atoms with E-state index in [0.29, 0.717) is 6.04 Å². The summed E-state index contributed by atoms with van der Waals surface area (Å²) in [6, 6.07) is 8.55. The molecule has 0 spiro atoms. The fraction of sp³-hybridized carbons (Fsp3) is 0.571. The second-order valence-electron chi connectivity index (χ2n) is 4.91. The number of nitrogens with zero attached hydrogens (tertiary/aromatic N) is 1. The molecule has 1 N–H and O–H groups in total. The van der Waals surface area contributed by atoms with Crippen LogP contribution in [0.2, 0.25) is 0 Å². The molecule has 3 heteroatoms. The summed E-state index contributed by atoms with van der Waals surface area (Å²) in [5.41, 5.74) is 0.997. The van der Waals surface area contributed by atoms with Crippen LogP contribution in [0.5, 0.6) is 0 Å². The van der Waals surface area contributed by atoms with E-state index < -0.39 is 0 Å². The Hall–Kier alpha value is -0.380.